The highest BCUT2D eigenvalue weighted by Crippen LogP contribution is 2.31. The van der Waals surface area contributed by atoms with Crippen LogP contribution in [0.2, 0.25) is 0 Å². The molecule has 0 aliphatic carbocycles. The van der Waals surface area contributed by atoms with Crippen LogP contribution in [0.25, 0.3) is 0 Å². The van der Waals surface area contributed by atoms with Crippen LogP contribution in [-0.2, 0) is 0 Å². The molecule has 2 aliphatic heterocycles. The normalized spacial score (nSPS) is 22.0. The summed E-state index contributed by atoms with van der Waals surface area (Å²) in [4.78, 5) is 7.83. The number of para-hydroxylation sites is 1. The quantitative estimate of drug-likeness (QED) is 0.812. The lowest BCUT2D eigenvalue weighted by Gasteiger charge is -2.41. The van der Waals surface area contributed by atoms with E-state index >= 15 is 0 Å². The minimum atomic E-state index is 0.415. The first kappa shape index (κ1) is 18.6. The summed E-state index contributed by atoms with van der Waals surface area (Å²) in [5, 5.41) is 3.48. The zero-order valence-corrected chi connectivity index (χ0v) is 15.9. The molecule has 2 fully saturated rings. The zero-order valence-electron chi connectivity index (χ0n) is 15.9. The highest BCUT2D eigenvalue weighted by atomic mass is 16.5. The van der Waals surface area contributed by atoms with Crippen LogP contribution in [0.15, 0.2) is 24.3 Å². The Bertz CT molecular complexity index is 510. The summed E-state index contributed by atoms with van der Waals surface area (Å²) >= 11 is 0. The number of rotatable bonds is 7. The average Bonchev–Trinajstić information content (AvgIpc) is 2.68. The van der Waals surface area contributed by atoms with Gasteiger partial charge in [0, 0.05) is 64.5 Å². The number of nitrogens with zero attached hydrogens (tertiary/aromatic N) is 3. The van der Waals surface area contributed by atoms with Crippen molar-refractivity contribution in [1.82, 2.24) is 20.0 Å². The summed E-state index contributed by atoms with van der Waals surface area (Å²) in [6.07, 6.45) is 0. The monoisotopic (exact) mass is 346 g/mol. The second kappa shape index (κ2) is 9.53. The Morgan fingerprint density at radius 2 is 1.64 bits per heavy atom. The molecular weight excluding hydrogens is 312 g/mol. The Hall–Kier alpha value is -1.14. The molecule has 140 valence electrons. The molecule has 0 saturated carbocycles. The van der Waals surface area contributed by atoms with Gasteiger partial charge >= 0.3 is 0 Å². The zero-order chi connectivity index (χ0) is 17.5. The summed E-state index contributed by atoms with van der Waals surface area (Å²) in [6, 6.07) is 9.05. The van der Waals surface area contributed by atoms with Gasteiger partial charge in [-0.05, 0) is 19.5 Å². The number of hydrogen-bond acceptors (Lipinski definition) is 5. The van der Waals surface area contributed by atoms with Gasteiger partial charge in [0.1, 0.15) is 5.75 Å². The molecule has 1 aromatic rings. The van der Waals surface area contributed by atoms with Crippen molar-refractivity contribution in [2.75, 3.05) is 72.1 Å². The van der Waals surface area contributed by atoms with Crippen molar-refractivity contribution in [2.45, 2.75) is 19.9 Å². The lowest BCUT2D eigenvalue weighted by Crippen LogP contribution is -2.51. The Kier molecular flexibility index (Phi) is 7.11. The maximum absolute atomic E-state index is 5.96. The molecule has 0 spiro atoms. The molecule has 0 bridgehead atoms. The fourth-order valence-electron chi connectivity index (χ4n) is 3.98. The largest absolute Gasteiger partial charge is 0.494 e. The summed E-state index contributed by atoms with van der Waals surface area (Å²) in [5.41, 5.74) is 1.35. The van der Waals surface area contributed by atoms with Crippen molar-refractivity contribution in [3.63, 3.8) is 0 Å². The summed E-state index contributed by atoms with van der Waals surface area (Å²) < 4.78 is 5.96. The fraction of sp³-hybridized carbons (Fsp3) is 0.700. The molecule has 5 heteroatoms. The predicted octanol–water partition coefficient (Wildman–Crippen LogP) is 1.67. The van der Waals surface area contributed by atoms with Gasteiger partial charge in [-0.25, -0.2) is 0 Å². The van der Waals surface area contributed by atoms with Gasteiger partial charge in [0.2, 0.25) is 0 Å². The van der Waals surface area contributed by atoms with Crippen LogP contribution in [0.1, 0.15) is 25.5 Å². The number of likely N-dealkylation sites (N-methyl/N-ethyl adjacent to an activating group) is 1. The first-order valence-corrected chi connectivity index (χ1v) is 9.93. The van der Waals surface area contributed by atoms with Gasteiger partial charge < -0.3 is 15.0 Å². The number of nitrogens with one attached hydrogen (secondary N) is 1. The van der Waals surface area contributed by atoms with Crippen molar-refractivity contribution >= 4 is 0 Å². The molecule has 1 unspecified atom stereocenters. The minimum Gasteiger partial charge on any atom is -0.494 e. The van der Waals surface area contributed by atoms with E-state index in [1.54, 1.807) is 0 Å². The standard InChI is InChI=1S/C20H34N4O/c1-3-22-13-15-23(16-14-22)17-19(24-11-9-21-10-12-24)18-7-5-6-8-20(18)25-4-2/h5-8,19,21H,3-4,9-17H2,1-2H3. The lowest BCUT2D eigenvalue weighted by atomic mass is 10.0. The molecule has 2 heterocycles. The molecule has 2 saturated heterocycles. The fourth-order valence-corrected chi connectivity index (χ4v) is 3.98. The summed E-state index contributed by atoms with van der Waals surface area (Å²) in [7, 11) is 0. The van der Waals surface area contributed by atoms with Gasteiger partial charge in [0.25, 0.3) is 0 Å². The summed E-state index contributed by atoms with van der Waals surface area (Å²) in [5.74, 6) is 1.06. The third-order valence-electron chi connectivity index (χ3n) is 5.51. The third-order valence-corrected chi connectivity index (χ3v) is 5.51. The van der Waals surface area contributed by atoms with E-state index in [4.69, 9.17) is 4.74 Å². The van der Waals surface area contributed by atoms with Crippen LogP contribution < -0.4 is 10.1 Å². The van der Waals surface area contributed by atoms with Crippen LogP contribution in [0.5, 0.6) is 5.75 Å². The highest BCUT2D eigenvalue weighted by Gasteiger charge is 2.28. The van der Waals surface area contributed by atoms with Crippen LogP contribution >= 0.6 is 0 Å². The van der Waals surface area contributed by atoms with E-state index < -0.39 is 0 Å². The molecule has 0 amide bonds. The molecule has 3 rings (SSSR count). The highest BCUT2D eigenvalue weighted by molar-refractivity contribution is 5.36. The predicted molar refractivity (Wildman–Crippen MR) is 103 cm³/mol. The first-order chi connectivity index (χ1) is 12.3. The van der Waals surface area contributed by atoms with E-state index in [0.717, 1.165) is 45.1 Å². The van der Waals surface area contributed by atoms with E-state index in [1.807, 2.05) is 0 Å². The molecule has 2 aliphatic rings. The SMILES string of the molecule is CCOc1ccccc1C(CN1CCN(CC)CC1)N1CCNCC1. The van der Waals surface area contributed by atoms with Crippen LogP contribution in [0.4, 0.5) is 0 Å². The van der Waals surface area contributed by atoms with Crippen molar-refractivity contribution in [2.24, 2.45) is 0 Å². The van der Waals surface area contributed by atoms with E-state index in [0.29, 0.717) is 6.04 Å². The van der Waals surface area contributed by atoms with Gasteiger partial charge in [0.05, 0.1) is 12.6 Å². The molecule has 1 aromatic carbocycles. The molecule has 5 nitrogen and oxygen atoms in total. The van der Waals surface area contributed by atoms with Crippen LogP contribution in [0.3, 0.4) is 0 Å². The van der Waals surface area contributed by atoms with Crippen molar-refractivity contribution in [1.29, 1.82) is 0 Å². The van der Waals surface area contributed by atoms with Crippen molar-refractivity contribution in [3.05, 3.63) is 29.8 Å². The Morgan fingerprint density at radius 1 is 0.960 bits per heavy atom. The number of benzene rings is 1. The number of hydrogen-bond donors (Lipinski definition) is 1. The molecule has 0 radical (unpaired) electrons. The second-order valence-corrected chi connectivity index (χ2v) is 7.01. The van der Waals surface area contributed by atoms with Crippen molar-refractivity contribution in [3.8, 4) is 5.75 Å². The maximum atomic E-state index is 5.96. The van der Waals surface area contributed by atoms with E-state index in [9.17, 15) is 0 Å². The van der Waals surface area contributed by atoms with Gasteiger partial charge in [-0.15, -0.1) is 0 Å². The lowest BCUT2D eigenvalue weighted by molar-refractivity contribution is 0.0844. The van der Waals surface area contributed by atoms with Crippen molar-refractivity contribution < 1.29 is 4.74 Å². The molecular formula is C20H34N4O. The minimum absolute atomic E-state index is 0.415. The van der Waals surface area contributed by atoms with Crippen LogP contribution in [0, 0.1) is 0 Å². The van der Waals surface area contributed by atoms with Gasteiger partial charge in [-0.3, -0.25) is 9.80 Å². The Balaban J connectivity index is 1.76. The smallest absolute Gasteiger partial charge is 0.124 e. The molecule has 1 N–H and O–H groups in total. The van der Waals surface area contributed by atoms with Crippen LogP contribution in [-0.4, -0.2) is 86.8 Å². The Labute approximate surface area is 152 Å². The molecule has 1 atom stereocenters. The summed E-state index contributed by atoms with van der Waals surface area (Å²) in [6.45, 7) is 16.4. The van der Waals surface area contributed by atoms with Gasteiger partial charge in [-0.1, -0.05) is 25.1 Å². The average molecular weight is 347 g/mol. The second-order valence-electron chi connectivity index (χ2n) is 7.01. The van der Waals surface area contributed by atoms with Gasteiger partial charge in [-0.2, -0.15) is 0 Å². The molecule has 0 aromatic heterocycles. The first-order valence-electron chi connectivity index (χ1n) is 9.93. The third kappa shape index (κ3) is 4.94. The number of piperazine rings is 2. The van der Waals surface area contributed by atoms with E-state index in [-0.39, 0.29) is 0 Å². The molecule has 25 heavy (non-hydrogen) atoms. The Morgan fingerprint density at radius 3 is 2.32 bits per heavy atom. The van der Waals surface area contributed by atoms with E-state index in [1.165, 1.54) is 38.3 Å². The van der Waals surface area contributed by atoms with Gasteiger partial charge in [0.15, 0.2) is 0 Å². The maximum Gasteiger partial charge on any atom is 0.124 e. The topological polar surface area (TPSA) is 31.0 Å². The number of ether oxygens (including phenoxy) is 1. The van der Waals surface area contributed by atoms with E-state index in [2.05, 4.69) is 58.1 Å².